The summed E-state index contributed by atoms with van der Waals surface area (Å²) in [6.45, 7) is 6.33. The number of nitrogens with one attached hydrogen (secondary N) is 1. The predicted octanol–water partition coefficient (Wildman–Crippen LogP) is 1.10. The summed E-state index contributed by atoms with van der Waals surface area (Å²) in [6, 6.07) is 10.9. The molecule has 2 aliphatic rings. The molecule has 3 rings (SSSR count). The van der Waals surface area contributed by atoms with E-state index in [1.165, 1.54) is 5.56 Å². The van der Waals surface area contributed by atoms with Gasteiger partial charge >= 0.3 is 0 Å². The van der Waals surface area contributed by atoms with Crippen molar-refractivity contribution in [1.29, 1.82) is 0 Å². The van der Waals surface area contributed by atoms with Crippen molar-refractivity contribution >= 4 is 11.8 Å². The molecular formula is C20H30N4O2. The molecule has 0 bridgehead atoms. The number of hydrogen-bond donors (Lipinski definition) is 1. The smallest absolute Gasteiger partial charge is 0.234 e. The van der Waals surface area contributed by atoms with Crippen molar-refractivity contribution in [2.24, 2.45) is 0 Å². The second kappa shape index (κ2) is 8.64. The van der Waals surface area contributed by atoms with Crippen molar-refractivity contribution < 1.29 is 9.59 Å². The zero-order valence-corrected chi connectivity index (χ0v) is 15.9. The molecule has 0 unspecified atom stereocenters. The van der Waals surface area contributed by atoms with Gasteiger partial charge in [0.25, 0.3) is 0 Å². The molecule has 2 saturated heterocycles. The summed E-state index contributed by atoms with van der Waals surface area (Å²) in [5.41, 5.74) is 1.27. The van der Waals surface area contributed by atoms with Crippen LogP contribution in [0.3, 0.4) is 0 Å². The minimum Gasteiger partial charge on any atom is -0.352 e. The molecule has 0 saturated carbocycles. The van der Waals surface area contributed by atoms with Crippen molar-refractivity contribution in [3.8, 4) is 0 Å². The van der Waals surface area contributed by atoms with E-state index < -0.39 is 0 Å². The Morgan fingerprint density at radius 2 is 1.77 bits per heavy atom. The second-order valence-corrected chi connectivity index (χ2v) is 7.51. The van der Waals surface area contributed by atoms with Gasteiger partial charge in [0.15, 0.2) is 0 Å². The topological polar surface area (TPSA) is 55.9 Å². The highest BCUT2D eigenvalue weighted by Crippen LogP contribution is 2.24. The molecule has 6 nitrogen and oxygen atoms in total. The van der Waals surface area contributed by atoms with Gasteiger partial charge in [0.2, 0.25) is 11.8 Å². The summed E-state index contributed by atoms with van der Waals surface area (Å²) in [7, 11) is 2.14. The van der Waals surface area contributed by atoms with Crippen LogP contribution in [0.1, 0.15) is 31.4 Å². The third-order valence-corrected chi connectivity index (χ3v) is 5.53. The van der Waals surface area contributed by atoms with Crippen LogP contribution in [0.4, 0.5) is 0 Å². The Balaban J connectivity index is 1.55. The van der Waals surface area contributed by atoms with Crippen molar-refractivity contribution in [1.82, 2.24) is 20.0 Å². The summed E-state index contributed by atoms with van der Waals surface area (Å²) < 4.78 is 0. The summed E-state index contributed by atoms with van der Waals surface area (Å²) in [4.78, 5) is 30.5. The first kappa shape index (κ1) is 18.9. The van der Waals surface area contributed by atoms with E-state index in [0.29, 0.717) is 6.54 Å². The van der Waals surface area contributed by atoms with Crippen LogP contribution < -0.4 is 5.32 Å². The minimum atomic E-state index is 0.0942. The van der Waals surface area contributed by atoms with Gasteiger partial charge in [-0.05, 0) is 25.5 Å². The molecule has 142 valence electrons. The first-order valence-electron chi connectivity index (χ1n) is 9.55. The van der Waals surface area contributed by atoms with Crippen LogP contribution in [0.5, 0.6) is 0 Å². The van der Waals surface area contributed by atoms with E-state index >= 15 is 0 Å². The highest BCUT2D eigenvalue weighted by atomic mass is 16.2. The lowest BCUT2D eigenvalue weighted by molar-refractivity contribution is -0.130. The fraction of sp³-hybridized carbons (Fsp3) is 0.600. The van der Waals surface area contributed by atoms with Gasteiger partial charge in [-0.3, -0.25) is 14.5 Å². The number of piperidine rings is 1. The molecule has 2 heterocycles. The highest BCUT2D eigenvalue weighted by molar-refractivity contribution is 5.78. The predicted molar refractivity (Wildman–Crippen MR) is 102 cm³/mol. The Hall–Kier alpha value is -1.92. The van der Waals surface area contributed by atoms with Crippen LogP contribution in [0, 0.1) is 0 Å². The number of likely N-dealkylation sites (N-methyl/N-ethyl adjacent to an activating group) is 1. The quantitative estimate of drug-likeness (QED) is 0.876. The van der Waals surface area contributed by atoms with E-state index in [9.17, 15) is 9.59 Å². The third kappa shape index (κ3) is 4.83. The number of carbonyl (C=O) groups is 2. The molecule has 26 heavy (non-hydrogen) atoms. The molecule has 2 amide bonds. The van der Waals surface area contributed by atoms with Crippen LogP contribution in [0.15, 0.2) is 30.3 Å². The zero-order valence-electron chi connectivity index (χ0n) is 15.9. The van der Waals surface area contributed by atoms with Gasteiger partial charge in [0.05, 0.1) is 6.54 Å². The van der Waals surface area contributed by atoms with Gasteiger partial charge in [-0.15, -0.1) is 0 Å². The number of nitrogens with zero attached hydrogens (tertiary/aromatic N) is 3. The van der Waals surface area contributed by atoms with Crippen LogP contribution in [-0.2, 0) is 9.59 Å². The van der Waals surface area contributed by atoms with Crippen molar-refractivity contribution in [2.45, 2.75) is 31.8 Å². The second-order valence-electron chi connectivity index (χ2n) is 7.51. The van der Waals surface area contributed by atoms with E-state index in [1.54, 1.807) is 6.92 Å². The van der Waals surface area contributed by atoms with Gasteiger partial charge in [0.1, 0.15) is 0 Å². The molecular weight excluding hydrogens is 328 g/mol. The fourth-order valence-electron chi connectivity index (χ4n) is 3.93. The van der Waals surface area contributed by atoms with E-state index in [2.05, 4.69) is 46.4 Å². The molecule has 6 heteroatoms. The molecule has 2 aliphatic heterocycles. The summed E-state index contributed by atoms with van der Waals surface area (Å²) >= 11 is 0. The lowest BCUT2D eigenvalue weighted by Gasteiger charge is -2.40. The first-order valence-corrected chi connectivity index (χ1v) is 9.55. The third-order valence-electron chi connectivity index (χ3n) is 5.53. The molecule has 1 atom stereocenters. The summed E-state index contributed by atoms with van der Waals surface area (Å²) in [5.74, 6) is 0.217. The Labute approximate surface area is 156 Å². The Morgan fingerprint density at radius 1 is 1.08 bits per heavy atom. The fourth-order valence-corrected chi connectivity index (χ4v) is 3.93. The van der Waals surface area contributed by atoms with E-state index in [0.717, 1.165) is 45.6 Å². The minimum absolute atomic E-state index is 0.0942. The number of carbonyl (C=O) groups excluding carboxylic acids is 2. The Morgan fingerprint density at radius 3 is 2.42 bits per heavy atom. The van der Waals surface area contributed by atoms with Crippen molar-refractivity contribution in [2.75, 3.05) is 46.3 Å². The van der Waals surface area contributed by atoms with Gasteiger partial charge in [0, 0.05) is 51.7 Å². The lowest BCUT2D eigenvalue weighted by atomic mass is 10.0. The number of piperazine rings is 1. The van der Waals surface area contributed by atoms with Crippen molar-refractivity contribution in [3.05, 3.63) is 35.9 Å². The normalized spacial score (nSPS) is 23.0. The van der Waals surface area contributed by atoms with Gasteiger partial charge < -0.3 is 15.1 Å². The number of amides is 2. The molecule has 1 N–H and O–H groups in total. The standard InChI is InChI=1S/C20H30N4O2/c1-16(25)23-10-8-18(9-11-23)21-20(26)15-24-13-12-22(2)14-19(24)17-6-4-3-5-7-17/h3-7,18-19H,8-15H2,1-2H3,(H,21,26)/t19-/m0/s1. The maximum absolute atomic E-state index is 12.6. The van der Waals surface area contributed by atoms with E-state index in [1.807, 2.05) is 11.0 Å². The summed E-state index contributed by atoms with van der Waals surface area (Å²) in [5, 5.41) is 3.18. The Kier molecular flexibility index (Phi) is 6.27. The van der Waals surface area contributed by atoms with Gasteiger partial charge in [-0.1, -0.05) is 30.3 Å². The number of likely N-dealkylation sites (tertiary alicyclic amines) is 1. The molecule has 0 aromatic heterocycles. The molecule has 0 spiro atoms. The molecule has 0 aliphatic carbocycles. The maximum atomic E-state index is 12.6. The Bertz CT molecular complexity index is 613. The molecule has 0 radical (unpaired) electrons. The number of rotatable bonds is 4. The highest BCUT2D eigenvalue weighted by Gasteiger charge is 2.29. The van der Waals surface area contributed by atoms with Crippen LogP contribution in [0.25, 0.3) is 0 Å². The van der Waals surface area contributed by atoms with Crippen LogP contribution in [0.2, 0.25) is 0 Å². The zero-order chi connectivity index (χ0) is 18.5. The average Bonchev–Trinajstić information content (AvgIpc) is 2.64. The van der Waals surface area contributed by atoms with Gasteiger partial charge in [-0.2, -0.15) is 0 Å². The van der Waals surface area contributed by atoms with Crippen molar-refractivity contribution in [3.63, 3.8) is 0 Å². The van der Waals surface area contributed by atoms with E-state index in [4.69, 9.17) is 0 Å². The monoisotopic (exact) mass is 358 g/mol. The summed E-state index contributed by atoms with van der Waals surface area (Å²) in [6.07, 6.45) is 1.69. The SMILES string of the molecule is CC(=O)N1CCC(NC(=O)CN2CCN(C)C[C@H]2c2ccccc2)CC1. The van der Waals surface area contributed by atoms with Gasteiger partial charge in [-0.25, -0.2) is 0 Å². The first-order chi connectivity index (χ1) is 12.5. The number of benzene rings is 1. The van der Waals surface area contributed by atoms with Crippen LogP contribution >= 0.6 is 0 Å². The molecule has 2 fully saturated rings. The maximum Gasteiger partial charge on any atom is 0.234 e. The lowest BCUT2D eigenvalue weighted by Crippen LogP contribution is -2.52. The molecule has 1 aromatic carbocycles. The van der Waals surface area contributed by atoms with E-state index in [-0.39, 0.29) is 23.9 Å². The number of hydrogen-bond acceptors (Lipinski definition) is 4. The van der Waals surface area contributed by atoms with Crippen LogP contribution in [-0.4, -0.2) is 78.9 Å². The average molecular weight is 358 g/mol. The largest absolute Gasteiger partial charge is 0.352 e. The molecule has 1 aromatic rings.